The van der Waals surface area contributed by atoms with Crippen LogP contribution in [0.4, 0.5) is 10.5 Å². The summed E-state index contributed by atoms with van der Waals surface area (Å²) in [7, 11) is 0. The van der Waals surface area contributed by atoms with Crippen LogP contribution < -0.4 is 5.32 Å². The molecule has 0 saturated carbocycles. The molecule has 1 unspecified atom stereocenters. The Labute approximate surface area is 186 Å². The third-order valence-corrected chi connectivity index (χ3v) is 6.44. The average Bonchev–Trinajstić information content (AvgIpc) is 2.96. The molecule has 1 fully saturated rings. The molecule has 6 heteroatoms. The molecule has 1 saturated heterocycles. The Bertz CT molecular complexity index is 1120. The van der Waals surface area contributed by atoms with Gasteiger partial charge in [-0.05, 0) is 65.8 Å². The van der Waals surface area contributed by atoms with Crippen molar-refractivity contribution < 1.29 is 4.79 Å². The Balaban J connectivity index is 1.37. The molecule has 31 heavy (non-hydrogen) atoms. The maximum absolute atomic E-state index is 12.7. The predicted molar refractivity (Wildman–Crippen MR) is 124 cm³/mol. The van der Waals surface area contributed by atoms with E-state index in [4.69, 9.17) is 16.6 Å². The zero-order chi connectivity index (χ0) is 21.2. The quantitative estimate of drug-likeness (QED) is 0.568. The van der Waals surface area contributed by atoms with E-state index in [-0.39, 0.29) is 11.9 Å². The first-order chi connectivity index (χ1) is 15.2. The first-order valence-electron chi connectivity index (χ1n) is 10.6. The van der Waals surface area contributed by atoms with Crippen LogP contribution in [0.1, 0.15) is 41.1 Å². The highest BCUT2D eigenvalue weighted by Gasteiger charge is 2.34. The molecule has 1 N–H and O–H groups in total. The van der Waals surface area contributed by atoms with Gasteiger partial charge in [-0.1, -0.05) is 35.9 Å². The van der Waals surface area contributed by atoms with E-state index < -0.39 is 0 Å². The van der Waals surface area contributed by atoms with Gasteiger partial charge in [0.05, 0.1) is 17.6 Å². The number of carbonyl (C=O) groups excluding carboxylic acids is 1. The van der Waals surface area contributed by atoms with E-state index >= 15 is 0 Å². The largest absolute Gasteiger partial charge is 0.325 e. The minimum atomic E-state index is -0.0697. The molecular formula is C25H23ClN4O. The van der Waals surface area contributed by atoms with Crippen molar-refractivity contribution in [2.45, 2.75) is 18.8 Å². The van der Waals surface area contributed by atoms with E-state index in [9.17, 15) is 4.79 Å². The molecule has 2 aliphatic rings. The monoisotopic (exact) mass is 430 g/mol. The van der Waals surface area contributed by atoms with Gasteiger partial charge in [0.1, 0.15) is 0 Å². The van der Waals surface area contributed by atoms with Gasteiger partial charge in [-0.3, -0.25) is 9.97 Å². The number of carbonyl (C=O) groups is 1. The lowest BCUT2D eigenvalue weighted by molar-refractivity contribution is 0.177. The van der Waals surface area contributed by atoms with E-state index in [1.54, 1.807) is 12.4 Å². The number of anilines is 1. The normalized spacial score (nSPS) is 18.1. The Morgan fingerprint density at radius 2 is 1.84 bits per heavy atom. The number of hydrogen-bond acceptors (Lipinski definition) is 3. The SMILES string of the molecule is O=C(Nc1cccnc1)N1CCC(C2c3ccc(Cl)cc3C=Cc3cccnc32)CC1. The molecule has 0 spiro atoms. The van der Waals surface area contributed by atoms with E-state index in [0.29, 0.717) is 24.7 Å². The molecule has 5 rings (SSSR count). The van der Waals surface area contributed by atoms with Gasteiger partial charge in [0.2, 0.25) is 0 Å². The third kappa shape index (κ3) is 4.06. The van der Waals surface area contributed by atoms with Gasteiger partial charge in [-0.15, -0.1) is 0 Å². The summed E-state index contributed by atoms with van der Waals surface area (Å²) in [5, 5.41) is 3.68. The van der Waals surface area contributed by atoms with Crippen LogP contribution in [0.2, 0.25) is 5.02 Å². The Morgan fingerprint density at radius 1 is 1.03 bits per heavy atom. The second-order valence-electron chi connectivity index (χ2n) is 8.06. The lowest BCUT2D eigenvalue weighted by Crippen LogP contribution is -2.42. The van der Waals surface area contributed by atoms with E-state index in [1.807, 2.05) is 41.4 Å². The highest BCUT2D eigenvalue weighted by molar-refractivity contribution is 6.30. The standard InChI is InChI=1S/C25H23ClN4O/c26-20-7-8-22-19(15-20)6-5-18-3-1-12-28-24(18)23(22)17-9-13-30(14-10-17)25(31)29-21-4-2-11-27-16-21/h1-8,11-12,15-17,23H,9-10,13-14H2,(H,29,31). The van der Waals surface area contributed by atoms with E-state index in [2.05, 4.69) is 34.6 Å². The Hall–Kier alpha value is -3.18. The summed E-state index contributed by atoms with van der Waals surface area (Å²) in [6.07, 6.45) is 11.3. The van der Waals surface area contributed by atoms with Crippen molar-refractivity contribution >= 4 is 35.5 Å². The highest BCUT2D eigenvalue weighted by atomic mass is 35.5. The summed E-state index contributed by atoms with van der Waals surface area (Å²) < 4.78 is 0. The lowest BCUT2D eigenvalue weighted by Gasteiger charge is -2.36. The minimum Gasteiger partial charge on any atom is -0.325 e. The highest BCUT2D eigenvalue weighted by Crippen LogP contribution is 2.42. The predicted octanol–water partition coefficient (Wildman–Crippen LogP) is 5.69. The summed E-state index contributed by atoms with van der Waals surface area (Å²) in [6, 6.07) is 13.8. The maximum Gasteiger partial charge on any atom is 0.321 e. The first kappa shape index (κ1) is 19.8. The number of aromatic nitrogens is 2. The molecule has 2 amide bonds. The molecule has 3 aromatic rings. The van der Waals surface area contributed by atoms with Crippen molar-refractivity contribution in [2.75, 3.05) is 18.4 Å². The molecule has 156 valence electrons. The number of halogens is 1. The van der Waals surface area contributed by atoms with Gasteiger partial charge in [-0.2, -0.15) is 0 Å². The van der Waals surface area contributed by atoms with Crippen LogP contribution in [-0.2, 0) is 0 Å². The number of hydrogen-bond donors (Lipinski definition) is 1. The number of piperidine rings is 1. The lowest BCUT2D eigenvalue weighted by atomic mass is 9.76. The van der Waals surface area contributed by atoms with Crippen LogP contribution >= 0.6 is 11.6 Å². The zero-order valence-corrected chi connectivity index (χ0v) is 17.8. The molecule has 1 atom stereocenters. The minimum absolute atomic E-state index is 0.0697. The number of likely N-dealkylation sites (tertiary alicyclic amines) is 1. The molecule has 3 heterocycles. The fraction of sp³-hybridized carbons (Fsp3) is 0.240. The van der Waals surface area contributed by atoms with Crippen molar-refractivity contribution in [1.29, 1.82) is 0 Å². The van der Waals surface area contributed by atoms with Gasteiger partial charge in [0, 0.05) is 36.4 Å². The molecule has 0 bridgehead atoms. The zero-order valence-electron chi connectivity index (χ0n) is 17.0. The summed E-state index contributed by atoms with van der Waals surface area (Å²) in [4.78, 5) is 23.4. The first-order valence-corrected chi connectivity index (χ1v) is 11.0. The Morgan fingerprint density at radius 3 is 2.65 bits per heavy atom. The maximum atomic E-state index is 12.7. The molecule has 2 aromatic heterocycles. The number of amides is 2. The number of nitrogens with zero attached hydrogens (tertiary/aromatic N) is 3. The van der Waals surface area contributed by atoms with Crippen LogP contribution in [0.3, 0.4) is 0 Å². The fourth-order valence-electron chi connectivity index (χ4n) is 4.68. The number of urea groups is 1. The molecule has 1 aromatic carbocycles. The topological polar surface area (TPSA) is 58.1 Å². The van der Waals surface area contributed by atoms with Crippen molar-refractivity contribution in [3.63, 3.8) is 0 Å². The number of nitrogens with one attached hydrogen (secondary N) is 1. The van der Waals surface area contributed by atoms with Crippen molar-refractivity contribution in [3.05, 3.63) is 88.5 Å². The molecule has 1 aliphatic carbocycles. The summed E-state index contributed by atoms with van der Waals surface area (Å²) in [5.41, 5.74) is 5.38. The number of benzene rings is 1. The van der Waals surface area contributed by atoms with Crippen molar-refractivity contribution in [1.82, 2.24) is 14.9 Å². The van der Waals surface area contributed by atoms with Crippen LogP contribution in [0.5, 0.6) is 0 Å². The number of pyridine rings is 2. The van der Waals surface area contributed by atoms with Gasteiger partial charge < -0.3 is 10.2 Å². The van der Waals surface area contributed by atoms with Crippen molar-refractivity contribution in [3.8, 4) is 0 Å². The van der Waals surface area contributed by atoms with E-state index in [0.717, 1.165) is 34.7 Å². The van der Waals surface area contributed by atoms with Gasteiger partial charge in [0.25, 0.3) is 0 Å². The number of rotatable bonds is 2. The molecule has 0 radical (unpaired) electrons. The average molecular weight is 431 g/mol. The summed E-state index contributed by atoms with van der Waals surface area (Å²) in [6.45, 7) is 1.43. The van der Waals surface area contributed by atoms with Gasteiger partial charge >= 0.3 is 6.03 Å². The van der Waals surface area contributed by atoms with Gasteiger partial charge in [0.15, 0.2) is 0 Å². The summed E-state index contributed by atoms with van der Waals surface area (Å²) >= 11 is 6.29. The van der Waals surface area contributed by atoms with Crippen molar-refractivity contribution in [2.24, 2.45) is 5.92 Å². The second-order valence-corrected chi connectivity index (χ2v) is 8.49. The molecule has 5 nitrogen and oxygen atoms in total. The fourth-order valence-corrected chi connectivity index (χ4v) is 4.86. The molecular weight excluding hydrogens is 408 g/mol. The van der Waals surface area contributed by atoms with Crippen LogP contribution in [0.15, 0.2) is 61.1 Å². The smallest absolute Gasteiger partial charge is 0.321 e. The molecule has 1 aliphatic heterocycles. The van der Waals surface area contributed by atoms with Crippen LogP contribution in [0.25, 0.3) is 12.2 Å². The second kappa shape index (κ2) is 8.52. The number of fused-ring (bicyclic) bond motifs is 2. The third-order valence-electron chi connectivity index (χ3n) is 6.20. The van der Waals surface area contributed by atoms with Crippen LogP contribution in [0, 0.1) is 5.92 Å². The Kier molecular flexibility index (Phi) is 5.43. The summed E-state index contributed by atoms with van der Waals surface area (Å²) in [5.74, 6) is 0.581. The van der Waals surface area contributed by atoms with E-state index in [1.165, 1.54) is 5.56 Å². The van der Waals surface area contributed by atoms with Gasteiger partial charge in [-0.25, -0.2) is 4.79 Å². The van der Waals surface area contributed by atoms with Crippen LogP contribution in [-0.4, -0.2) is 34.0 Å².